The minimum Gasteiger partial charge on any atom is -0.493 e. The average molecular weight is 372 g/mol. The number of esters is 1. The van der Waals surface area contributed by atoms with Crippen LogP contribution in [-0.2, 0) is 0 Å². The number of hydrogen-bond donors (Lipinski definition) is 0. The summed E-state index contributed by atoms with van der Waals surface area (Å²) in [5.41, 5.74) is 2.72. The van der Waals surface area contributed by atoms with Crippen LogP contribution in [0.15, 0.2) is 78.9 Å². The Balaban J connectivity index is 1.77. The van der Waals surface area contributed by atoms with Crippen LogP contribution < -0.4 is 9.47 Å². The van der Waals surface area contributed by atoms with E-state index in [0.717, 1.165) is 11.1 Å². The van der Waals surface area contributed by atoms with Crippen LogP contribution in [0.2, 0.25) is 0 Å². The molecule has 0 aromatic heterocycles. The highest BCUT2D eigenvalue weighted by atomic mass is 16.6. The maximum Gasteiger partial charge on any atom is 0.343 e. The van der Waals surface area contributed by atoms with Gasteiger partial charge in [-0.25, -0.2) is 4.79 Å². The lowest BCUT2D eigenvalue weighted by atomic mass is 10.1. The lowest BCUT2D eigenvalue weighted by Gasteiger charge is -2.11. The molecule has 28 heavy (non-hydrogen) atoms. The normalized spacial score (nSPS) is 10.6. The van der Waals surface area contributed by atoms with Crippen LogP contribution in [-0.4, -0.2) is 18.9 Å². The van der Waals surface area contributed by atoms with Crippen molar-refractivity contribution >= 4 is 17.8 Å². The van der Waals surface area contributed by atoms with E-state index in [4.69, 9.17) is 9.47 Å². The summed E-state index contributed by atoms with van der Waals surface area (Å²) in [4.78, 5) is 24.6. The molecule has 0 saturated heterocycles. The van der Waals surface area contributed by atoms with E-state index >= 15 is 0 Å². The van der Waals surface area contributed by atoms with Gasteiger partial charge in [-0.1, -0.05) is 60.7 Å². The van der Waals surface area contributed by atoms with Crippen LogP contribution in [0, 0.1) is 6.92 Å². The SMILES string of the molecule is COc1cc(/C=C/C(=O)c2ccccc2)ccc1OC(=O)c1ccccc1C. The van der Waals surface area contributed by atoms with E-state index in [1.807, 2.05) is 37.3 Å². The van der Waals surface area contributed by atoms with Crippen LogP contribution >= 0.6 is 0 Å². The van der Waals surface area contributed by atoms with E-state index in [1.165, 1.54) is 13.2 Å². The molecule has 0 aliphatic heterocycles. The lowest BCUT2D eigenvalue weighted by Crippen LogP contribution is -2.10. The van der Waals surface area contributed by atoms with Crippen LogP contribution in [0.3, 0.4) is 0 Å². The van der Waals surface area contributed by atoms with Gasteiger partial charge in [0.25, 0.3) is 0 Å². The highest BCUT2D eigenvalue weighted by Crippen LogP contribution is 2.29. The summed E-state index contributed by atoms with van der Waals surface area (Å²) in [7, 11) is 1.50. The van der Waals surface area contributed by atoms with E-state index in [1.54, 1.807) is 48.5 Å². The molecule has 3 rings (SSSR count). The molecule has 0 spiro atoms. The molecule has 0 unspecified atom stereocenters. The van der Waals surface area contributed by atoms with Crippen LogP contribution in [0.1, 0.15) is 31.8 Å². The van der Waals surface area contributed by atoms with Gasteiger partial charge < -0.3 is 9.47 Å². The maximum atomic E-state index is 12.4. The first kappa shape index (κ1) is 19.1. The molecule has 0 aliphatic rings. The third-order valence-corrected chi connectivity index (χ3v) is 4.24. The fraction of sp³-hybridized carbons (Fsp3) is 0.0833. The van der Waals surface area contributed by atoms with Gasteiger partial charge in [0.1, 0.15) is 0 Å². The largest absolute Gasteiger partial charge is 0.493 e. The van der Waals surface area contributed by atoms with E-state index < -0.39 is 5.97 Å². The van der Waals surface area contributed by atoms with Gasteiger partial charge >= 0.3 is 5.97 Å². The fourth-order valence-corrected chi connectivity index (χ4v) is 2.70. The standard InChI is InChI=1S/C24H20O4/c1-17-8-6-7-11-20(17)24(26)28-22-15-13-18(16-23(22)27-2)12-14-21(25)19-9-4-3-5-10-19/h3-16H,1-2H3/b14-12+. The molecule has 4 nitrogen and oxygen atoms in total. The van der Waals surface area contributed by atoms with Crippen molar-refractivity contribution in [3.05, 3.63) is 101 Å². The molecule has 140 valence electrons. The Morgan fingerprint density at radius 1 is 0.857 bits per heavy atom. The number of methoxy groups -OCH3 is 1. The summed E-state index contributed by atoms with van der Waals surface area (Å²) in [5, 5.41) is 0. The summed E-state index contributed by atoms with van der Waals surface area (Å²) in [6.45, 7) is 1.85. The molecular weight excluding hydrogens is 352 g/mol. The Hall–Kier alpha value is -3.66. The Kier molecular flexibility index (Phi) is 6.02. The molecule has 0 bridgehead atoms. The quantitative estimate of drug-likeness (QED) is 0.261. The molecule has 0 aliphatic carbocycles. The van der Waals surface area contributed by atoms with Crippen LogP contribution in [0.5, 0.6) is 11.5 Å². The van der Waals surface area contributed by atoms with Gasteiger partial charge in [-0.15, -0.1) is 0 Å². The zero-order valence-electron chi connectivity index (χ0n) is 15.7. The molecule has 4 heteroatoms. The van der Waals surface area contributed by atoms with Crippen molar-refractivity contribution in [3.8, 4) is 11.5 Å². The molecule has 3 aromatic rings. The minimum absolute atomic E-state index is 0.0883. The second kappa shape index (κ2) is 8.82. The summed E-state index contributed by atoms with van der Waals surface area (Å²) < 4.78 is 10.8. The highest BCUT2D eigenvalue weighted by molar-refractivity contribution is 6.06. The maximum absolute atomic E-state index is 12.4. The van der Waals surface area contributed by atoms with E-state index in [0.29, 0.717) is 22.6 Å². The molecule has 3 aromatic carbocycles. The second-order valence-corrected chi connectivity index (χ2v) is 6.18. The number of hydrogen-bond acceptors (Lipinski definition) is 4. The molecular formula is C24H20O4. The van der Waals surface area contributed by atoms with Gasteiger partial charge in [0, 0.05) is 5.56 Å². The average Bonchev–Trinajstić information content (AvgIpc) is 2.73. The van der Waals surface area contributed by atoms with Gasteiger partial charge in [0.2, 0.25) is 0 Å². The first-order chi connectivity index (χ1) is 13.6. The van der Waals surface area contributed by atoms with Crippen molar-refractivity contribution in [2.75, 3.05) is 7.11 Å². The molecule has 0 N–H and O–H groups in total. The number of carbonyl (C=O) groups excluding carboxylic acids is 2. The van der Waals surface area contributed by atoms with Gasteiger partial charge in [-0.3, -0.25) is 4.79 Å². The number of benzene rings is 3. The van der Waals surface area contributed by atoms with Crippen LogP contribution in [0.4, 0.5) is 0 Å². The predicted octanol–water partition coefficient (Wildman–Crippen LogP) is 5.12. The van der Waals surface area contributed by atoms with Gasteiger partial charge in [0.05, 0.1) is 12.7 Å². The van der Waals surface area contributed by atoms with Crippen molar-refractivity contribution < 1.29 is 19.1 Å². The summed E-state index contributed by atoms with van der Waals surface area (Å²) in [6.07, 6.45) is 3.20. The van der Waals surface area contributed by atoms with Crippen molar-refractivity contribution in [2.24, 2.45) is 0 Å². The monoisotopic (exact) mass is 372 g/mol. The minimum atomic E-state index is -0.445. The Morgan fingerprint density at radius 2 is 1.57 bits per heavy atom. The molecule has 0 fully saturated rings. The smallest absolute Gasteiger partial charge is 0.343 e. The number of ether oxygens (including phenoxy) is 2. The summed E-state index contributed by atoms with van der Waals surface area (Å²) in [5.74, 6) is 0.201. The van der Waals surface area contributed by atoms with Crippen molar-refractivity contribution in [1.82, 2.24) is 0 Å². The van der Waals surface area contributed by atoms with Gasteiger partial charge in [0.15, 0.2) is 17.3 Å². The summed E-state index contributed by atoms with van der Waals surface area (Å²) in [6, 6.07) is 21.4. The zero-order chi connectivity index (χ0) is 19.9. The van der Waals surface area contributed by atoms with Crippen molar-refractivity contribution in [2.45, 2.75) is 6.92 Å². The number of ketones is 1. The third-order valence-electron chi connectivity index (χ3n) is 4.24. The third kappa shape index (κ3) is 4.54. The highest BCUT2D eigenvalue weighted by Gasteiger charge is 2.14. The number of rotatable bonds is 6. The molecule has 0 amide bonds. The number of allylic oxidation sites excluding steroid dienone is 1. The van der Waals surface area contributed by atoms with E-state index in [-0.39, 0.29) is 5.78 Å². The molecule has 0 saturated carbocycles. The summed E-state index contributed by atoms with van der Waals surface area (Å²) >= 11 is 0. The Bertz CT molecular complexity index is 1020. The molecule has 0 heterocycles. The Morgan fingerprint density at radius 3 is 2.29 bits per heavy atom. The van der Waals surface area contributed by atoms with E-state index in [9.17, 15) is 9.59 Å². The topological polar surface area (TPSA) is 52.6 Å². The first-order valence-corrected chi connectivity index (χ1v) is 8.82. The van der Waals surface area contributed by atoms with Gasteiger partial charge in [-0.05, 0) is 42.3 Å². The predicted molar refractivity (Wildman–Crippen MR) is 109 cm³/mol. The number of aryl methyl sites for hydroxylation is 1. The van der Waals surface area contributed by atoms with Crippen molar-refractivity contribution in [1.29, 1.82) is 0 Å². The molecule has 0 atom stereocenters. The lowest BCUT2D eigenvalue weighted by molar-refractivity contribution is 0.0728. The first-order valence-electron chi connectivity index (χ1n) is 8.82. The fourth-order valence-electron chi connectivity index (χ4n) is 2.70. The number of carbonyl (C=O) groups is 2. The van der Waals surface area contributed by atoms with Crippen molar-refractivity contribution in [3.63, 3.8) is 0 Å². The van der Waals surface area contributed by atoms with Gasteiger partial charge in [-0.2, -0.15) is 0 Å². The molecule has 0 radical (unpaired) electrons. The zero-order valence-corrected chi connectivity index (χ0v) is 15.7. The second-order valence-electron chi connectivity index (χ2n) is 6.18. The van der Waals surface area contributed by atoms with Crippen LogP contribution in [0.25, 0.3) is 6.08 Å². The Labute approximate surface area is 164 Å². The van der Waals surface area contributed by atoms with E-state index in [2.05, 4.69) is 0 Å².